The standard InChI is InChI=1S/C13H18N2O4/c1-3-15(8-12(16)17)13(18)14-11-6-4-5-10(7-11)9-19-2/h4-7H,3,8-9H2,1-2H3,(H,14,18)(H,16,17). The van der Waals surface area contributed by atoms with Crippen LogP contribution in [0, 0.1) is 0 Å². The Morgan fingerprint density at radius 1 is 1.42 bits per heavy atom. The molecule has 6 heteroatoms. The molecule has 0 atom stereocenters. The summed E-state index contributed by atoms with van der Waals surface area (Å²) >= 11 is 0. The van der Waals surface area contributed by atoms with Crippen molar-refractivity contribution in [2.24, 2.45) is 0 Å². The number of methoxy groups -OCH3 is 1. The summed E-state index contributed by atoms with van der Waals surface area (Å²) in [7, 11) is 1.59. The van der Waals surface area contributed by atoms with E-state index in [0.717, 1.165) is 5.56 Å². The molecule has 19 heavy (non-hydrogen) atoms. The molecule has 0 heterocycles. The average Bonchev–Trinajstić information content (AvgIpc) is 2.36. The maximum atomic E-state index is 11.9. The third kappa shape index (κ3) is 4.97. The zero-order valence-corrected chi connectivity index (χ0v) is 11.0. The Labute approximate surface area is 112 Å². The summed E-state index contributed by atoms with van der Waals surface area (Å²) in [5.41, 5.74) is 1.55. The second-order valence-corrected chi connectivity index (χ2v) is 3.97. The van der Waals surface area contributed by atoms with Crippen LogP contribution in [0.1, 0.15) is 12.5 Å². The topological polar surface area (TPSA) is 78.9 Å². The lowest BCUT2D eigenvalue weighted by molar-refractivity contribution is -0.137. The van der Waals surface area contributed by atoms with Crippen molar-refractivity contribution in [3.8, 4) is 0 Å². The van der Waals surface area contributed by atoms with Crippen LogP contribution in [-0.2, 0) is 16.1 Å². The molecule has 1 aromatic rings. The molecule has 0 aliphatic heterocycles. The molecular weight excluding hydrogens is 248 g/mol. The van der Waals surface area contributed by atoms with Gasteiger partial charge >= 0.3 is 12.0 Å². The molecule has 2 N–H and O–H groups in total. The van der Waals surface area contributed by atoms with Crippen LogP contribution in [0.25, 0.3) is 0 Å². The number of benzene rings is 1. The number of aliphatic carboxylic acids is 1. The van der Waals surface area contributed by atoms with Crippen molar-refractivity contribution >= 4 is 17.7 Å². The Morgan fingerprint density at radius 3 is 2.74 bits per heavy atom. The number of rotatable bonds is 6. The van der Waals surface area contributed by atoms with Crippen LogP contribution in [0.3, 0.4) is 0 Å². The summed E-state index contributed by atoms with van der Waals surface area (Å²) in [6.45, 7) is 2.19. The van der Waals surface area contributed by atoms with Crippen molar-refractivity contribution < 1.29 is 19.4 Å². The molecule has 1 aromatic carbocycles. The molecule has 0 radical (unpaired) electrons. The van der Waals surface area contributed by atoms with Gasteiger partial charge in [0, 0.05) is 19.3 Å². The van der Waals surface area contributed by atoms with Gasteiger partial charge in [0.05, 0.1) is 6.61 Å². The number of anilines is 1. The van der Waals surface area contributed by atoms with E-state index in [-0.39, 0.29) is 6.54 Å². The Balaban J connectivity index is 2.69. The van der Waals surface area contributed by atoms with Crippen molar-refractivity contribution in [3.05, 3.63) is 29.8 Å². The first-order valence-electron chi connectivity index (χ1n) is 5.92. The highest BCUT2D eigenvalue weighted by atomic mass is 16.5. The lowest BCUT2D eigenvalue weighted by Gasteiger charge is -2.19. The number of hydrogen-bond donors (Lipinski definition) is 2. The van der Waals surface area contributed by atoms with Crippen LogP contribution >= 0.6 is 0 Å². The van der Waals surface area contributed by atoms with Crippen molar-refractivity contribution in [2.45, 2.75) is 13.5 Å². The summed E-state index contributed by atoms with van der Waals surface area (Å²) < 4.78 is 5.01. The molecular formula is C13H18N2O4. The number of likely N-dealkylation sites (N-methyl/N-ethyl adjacent to an activating group) is 1. The van der Waals surface area contributed by atoms with Gasteiger partial charge in [0.25, 0.3) is 0 Å². The number of nitrogens with one attached hydrogen (secondary N) is 1. The number of ether oxygens (including phenoxy) is 1. The first-order valence-corrected chi connectivity index (χ1v) is 5.92. The maximum absolute atomic E-state index is 11.9. The SMILES string of the molecule is CCN(CC(=O)O)C(=O)Nc1cccc(COC)c1. The maximum Gasteiger partial charge on any atom is 0.323 e. The average molecular weight is 266 g/mol. The molecule has 6 nitrogen and oxygen atoms in total. The van der Waals surface area contributed by atoms with Crippen LogP contribution in [0.2, 0.25) is 0 Å². The molecule has 0 aromatic heterocycles. The molecule has 1 rings (SSSR count). The fraction of sp³-hybridized carbons (Fsp3) is 0.385. The van der Waals surface area contributed by atoms with Gasteiger partial charge in [-0.25, -0.2) is 4.79 Å². The van der Waals surface area contributed by atoms with Crippen molar-refractivity contribution in [2.75, 3.05) is 25.5 Å². The largest absolute Gasteiger partial charge is 0.480 e. The number of carbonyl (C=O) groups is 2. The normalized spacial score (nSPS) is 10.0. The van der Waals surface area contributed by atoms with E-state index in [4.69, 9.17) is 9.84 Å². The minimum atomic E-state index is -1.04. The molecule has 0 saturated carbocycles. The number of hydrogen-bond acceptors (Lipinski definition) is 3. The fourth-order valence-electron chi connectivity index (χ4n) is 1.60. The molecule has 0 bridgehead atoms. The predicted octanol–water partition coefficient (Wildman–Crippen LogP) is 1.77. The zero-order chi connectivity index (χ0) is 14.3. The summed E-state index contributed by atoms with van der Waals surface area (Å²) in [5.74, 6) is -1.04. The predicted molar refractivity (Wildman–Crippen MR) is 71.1 cm³/mol. The Bertz CT molecular complexity index is 448. The molecule has 0 aliphatic carbocycles. The highest BCUT2D eigenvalue weighted by Gasteiger charge is 2.14. The van der Waals surface area contributed by atoms with E-state index in [2.05, 4.69) is 5.32 Å². The molecule has 0 spiro atoms. The van der Waals surface area contributed by atoms with Gasteiger partial charge in [0.1, 0.15) is 6.54 Å². The number of carbonyl (C=O) groups excluding carboxylic acids is 1. The first kappa shape index (κ1) is 15.0. The van der Waals surface area contributed by atoms with Gasteiger partial charge in [-0.2, -0.15) is 0 Å². The van der Waals surface area contributed by atoms with Crippen molar-refractivity contribution in [3.63, 3.8) is 0 Å². The van der Waals surface area contributed by atoms with E-state index in [9.17, 15) is 9.59 Å². The van der Waals surface area contributed by atoms with Gasteiger partial charge in [-0.05, 0) is 24.6 Å². The highest BCUT2D eigenvalue weighted by Crippen LogP contribution is 2.12. The third-order valence-corrected chi connectivity index (χ3v) is 2.48. The van der Waals surface area contributed by atoms with E-state index in [0.29, 0.717) is 18.8 Å². The smallest absolute Gasteiger partial charge is 0.323 e. The van der Waals surface area contributed by atoms with Crippen LogP contribution in [0.5, 0.6) is 0 Å². The van der Waals surface area contributed by atoms with Crippen LogP contribution < -0.4 is 5.32 Å². The number of nitrogens with zero attached hydrogens (tertiary/aromatic N) is 1. The van der Waals surface area contributed by atoms with E-state index in [1.807, 2.05) is 6.07 Å². The van der Waals surface area contributed by atoms with E-state index >= 15 is 0 Å². The minimum Gasteiger partial charge on any atom is -0.480 e. The molecule has 0 saturated heterocycles. The number of urea groups is 1. The molecule has 0 aliphatic rings. The van der Waals surface area contributed by atoms with Crippen molar-refractivity contribution in [1.82, 2.24) is 4.90 Å². The van der Waals surface area contributed by atoms with Gasteiger partial charge < -0.3 is 20.1 Å². The fourth-order valence-corrected chi connectivity index (χ4v) is 1.60. The van der Waals surface area contributed by atoms with Crippen molar-refractivity contribution in [1.29, 1.82) is 0 Å². The van der Waals surface area contributed by atoms with Gasteiger partial charge in [0.2, 0.25) is 0 Å². The van der Waals surface area contributed by atoms with E-state index < -0.39 is 12.0 Å². The Kier molecular flexibility index (Phi) is 5.81. The van der Waals surface area contributed by atoms with E-state index in [1.54, 1.807) is 32.2 Å². The summed E-state index contributed by atoms with van der Waals surface area (Å²) in [6.07, 6.45) is 0. The summed E-state index contributed by atoms with van der Waals surface area (Å²) in [5, 5.41) is 11.4. The second kappa shape index (κ2) is 7.38. The first-order chi connectivity index (χ1) is 9.06. The number of carboxylic acid groups (broad SMARTS) is 1. The lowest BCUT2D eigenvalue weighted by Crippen LogP contribution is -2.38. The lowest BCUT2D eigenvalue weighted by atomic mass is 10.2. The highest BCUT2D eigenvalue weighted by molar-refractivity contribution is 5.91. The molecule has 2 amide bonds. The van der Waals surface area contributed by atoms with Gasteiger partial charge in [-0.1, -0.05) is 12.1 Å². The third-order valence-electron chi connectivity index (χ3n) is 2.48. The Morgan fingerprint density at radius 2 is 2.16 bits per heavy atom. The van der Waals surface area contributed by atoms with Gasteiger partial charge in [0.15, 0.2) is 0 Å². The molecule has 104 valence electrons. The van der Waals surface area contributed by atoms with Gasteiger partial charge in [-0.15, -0.1) is 0 Å². The van der Waals surface area contributed by atoms with Gasteiger partial charge in [-0.3, -0.25) is 4.79 Å². The summed E-state index contributed by atoms with van der Waals surface area (Å²) in [4.78, 5) is 23.7. The molecule has 0 unspecified atom stereocenters. The quantitative estimate of drug-likeness (QED) is 0.822. The van der Waals surface area contributed by atoms with Crippen LogP contribution in [0.15, 0.2) is 24.3 Å². The zero-order valence-electron chi connectivity index (χ0n) is 11.0. The van der Waals surface area contributed by atoms with Crippen LogP contribution in [-0.4, -0.2) is 42.2 Å². The second-order valence-electron chi connectivity index (χ2n) is 3.97. The monoisotopic (exact) mass is 266 g/mol. The Hall–Kier alpha value is -2.08. The number of amides is 2. The van der Waals surface area contributed by atoms with Crippen LogP contribution in [0.4, 0.5) is 10.5 Å². The summed E-state index contributed by atoms with van der Waals surface area (Å²) in [6, 6.07) is 6.78. The van der Waals surface area contributed by atoms with E-state index in [1.165, 1.54) is 4.90 Å². The molecule has 0 fully saturated rings. The number of carboxylic acids is 1. The minimum absolute atomic E-state index is 0.319.